The van der Waals surface area contributed by atoms with Gasteiger partial charge in [0, 0.05) is 12.6 Å². The fourth-order valence-corrected chi connectivity index (χ4v) is 3.41. The molecule has 0 aromatic heterocycles. The summed E-state index contributed by atoms with van der Waals surface area (Å²) in [6, 6.07) is 21.4. The van der Waals surface area contributed by atoms with Gasteiger partial charge in [-0.3, -0.25) is 9.10 Å². The Hall–Kier alpha value is -3.32. The molecule has 0 saturated heterocycles. The highest BCUT2D eigenvalue weighted by Crippen LogP contribution is 2.30. The topological polar surface area (TPSA) is 75.7 Å². The summed E-state index contributed by atoms with van der Waals surface area (Å²) >= 11 is 0. The van der Waals surface area contributed by atoms with Crippen LogP contribution in [0.25, 0.3) is 0 Å². The Morgan fingerprint density at radius 1 is 0.931 bits per heavy atom. The third-order valence-electron chi connectivity index (χ3n) is 4.49. The average molecular weight is 410 g/mol. The van der Waals surface area contributed by atoms with Gasteiger partial charge in [0.05, 0.1) is 17.6 Å². The van der Waals surface area contributed by atoms with Gasteiger partial charge in [0.25, 0.3) is 5.91 Å². The highest BCUT2D eigenvalue weighted by Gasteiger charge is 2.19. The molecule has 0 spiro atoms. The first-order valence-electron chi connectivity index (χ1n) is 8.94. The molecule has 3 rings (SSSR count). The second-order valence-electron chi connectivity index (χ2n) is 6.55. The van der Waals surface area contributed by atoms with Crippen molar-refractivity contribution in [1.82, 2.24) is 0 Å². The van der Waals surface area contributed by atoms with E-state index in [-0.39, 0.29) is 5.91 Å². The number of benzene rings is 3. The van der Waals surface area contributed by atoms with E-state index < -0.39 is 10.0 Å². The summed E-state index contributed by atoms with van der Waals surface area (Å²) in [7, 11) is -1.98. The summed E-state index contributed by atoms with van der Waals surface area (Å²) in [6.07, 6.45) is 1.12. The van der Waals surface area contributed by atoms with Crippen molar-refractivity contribution in [2.24, 2.45) is 0 Å². The zero-order valence-electron chi connectivity index (χ0n) is 16.4. The molecule has 0 aliphatic carbocycles. The molecule has 29 heavy (non-hydrogen) atoms. The molecule has 0 radical (unpaired) electrons. The Balaban J connectivity index is 1.89. The van der Waals surface area contributed by atoms with E-state index >= 15 is 0 Å². The fourth-order valence-electron chi connectivity index (χ4n) is 2.85. The highest BCUT2D eigenvalue weighted by atomic mass is 32.2. The molecule has 1 amide bonds. The Morgan fingerprint density at radius 2 is 1.59 bits per heavy atom. The lowest BCUT2D eigenvalue weighted by atomic mass is 10.1. The van der Waals surface area contributed by atoms with Gasteiger partial charge in [0.2, 0.25) is 10.0 Å². The van der Waals surface area contributed by atoms with Crippen LogP contribution in [-0.4, -0.2) is 27.6 Å². The summed E-state index contributed by atoms with van der Waals surface area (Å²) in [5.41, 5.74) is 1.92. The van der Waals surface area contributed by atoms with E-state index in [2.05, 4.69) is 5.32 Å². The van der Waals surface area contributed by atoms with Gasteiger partial charge < -0.3 is 10.1 Å². The Kier molecular flexibility index (Phi) is 5.89. The predicted molar refractivity (Wildman–Crippen MR) is 115 cm³/mol. The van der Waals surface area contributed by atoms with Crippen LogP contribution in [0.1, 0.15) is 15.9 Å². The van der Waals surface area contributed by atoms with Gasteiger partial charge in [-0.1, -0.05) is 36.4 Å². The molecule has 0 saturated carbocycles. The summed E-state index contributed by atoms with van der Waals surface area (Å²) in [4.78, 5) is 12.9. The van der Waals surface area contributed by atoms with Gasteiger partial charge in [0.15, 0.2) is 5.75 Å². The maximum Gasteiger partial charge on any atom is 0.256 e. The minimum Gasteiger partial charge on any atom is -0.455 e. The quantitative estimate of drug-likeness (QED) is 0.652. The van der Waals surface area contributed by atoms with E-state index in [1.54, 1.807) is 43.3 Å². The summed E-state index contributed by atoms with van der Waals surface area (Å²) in [6.45, 7) is 1.72. The van der Waals surface area contributed by atoms with E-state index in [0.717, 1.165) is 10.6 Å². The fraction of sp³-hybridized carbons (Fsp3) is 0.136. The largest absolute Gasteiger partial charge is 0.455 e. The van der Waals surface area contributed by atoms with E-state index in [4.69, 9.17) is 4.74 Å². The average Bonchev–Trinajstić information content (AvgIpc) is 2.69. The van der Waals surface area contributed by atoms with Crippen molar-refractivity contribution in [3.63, 3.8) is 0 Å². The molecule has 0 aliphatic rings. The number of rotatable bonds is 6. The molecule has 1 N–H and O–H groups in total. The number of sulfonamides is 1. The van der Waals surface area contributed by atoms with Crippen LogP contribution in [0.5, 0.6) is 11.5 Å². The van der Waals surface area contributed by atoms with Crippen LogP contribution in [0, 0.1) is 6.92 Å². The number of nitrogens with zero attached hydrogens (tertiary/aromatic N) is 1. The van der Waals surface area contributed by atoms with Crippen molar-refractivity contribution in [1.29, 1.82) is 0 Å². The number of nitrogens with one attached hydrogen (secondary N) is 1. The molecular weight excluding hydrogens is 388 g/mol. The molecule has 3 aromatic carbocycles. The molecule has 0 fully saturated rings. The lowest BCUT2D eigenvalue weighted by Gasteiger charge is -2.20. The number of hydrogen-bond donors (Lipinski definition) is 1. The van der Waals surface area contributed by atoms with Crippen LogP contribution < -0.4 is 14.4 Å². The van der Waals surface area contributed by atoms with Crippen molar-refractivity contribution in [3.05, 3.63) is 83.9 Å². The first kappa shape index (κ1) is 20.4. The number of amides is 1. The zero-order chi connectivity index (χ0) is 21.0. The highest BCUT2D eigenvalue weighted by molar-refractivity contribution is 7.92. The first-order valence-corrected chi connectivity index (χ1v) is 10.8. The molecule has 0 aliphatic heterocycles. The minimum absolute atomic E-state index is 0.352. The molecule has 6 nitrogen and oxygen atoms in total. The lowest BCUT2D eigenvalue weighted by Crippen LogP contribution is -2.26. The van der Waals surface area contributed by atoms with Crippen molar-refractivity contribution in [2.75, 3.05) is 22.9 Å². The second-order valence-corrected chi connectivity index (χ2v) is 8.56. The van der Waals surface area contributed by atoms with E-state index in [1.165, 1.54) is 7.05 Å². The van der Waals surface area contributed by atoms with Crippen LogP contribution >= 0.6 is 0 Å². The maximum absolute atomic E-state index is 12.9. The number of ether oxygens (including phenoxy) is 1. The number of anilines is 2. The van der Waals surface area contributed by atoms with Crippen molar-refractivity contribution in [2.45, 2.75) is 6.92 Å². The van der Waals surface area contributed by atoms with Crippen LogP contribution in [0.15, 0.2) is 72.8 Å². The summed E-state index contributed by atoms with van der Waals surface area (Å²) in [5, 5.41) is 2.86. The summed E-state index contributed by atoms with van der Waals surface area (Å²) in [5.74, 6) is 0.812. The van der Waals surface area contributed by atoms with E-state index in [9.17, 15) is 13.2 Å². The first-order chi connectivity index (χ1) is 13.8. The Labute approximate surface area is 170 Å². The molecular formula is C22H22N2O4S. The number of para-hydroxylation sites is 3. The third-order valence-corrected chi connectivity index (χ3v) is 5.68. The monoisotopic (exact) mass is 410 g/mol. The van der Waals surface area contributed by atoms with Crippen LogP contribution in [0.4, 0.5) is 11.4 Å². The molecule has 0 unspecified atom stereocenters. The zero-order valence-corrected chi connectivity index (χ0v) is 17.2. The second kappa shape index (κ2) is 8.36. The van der Waals surface area contributed by atoms with Crippen LogP contribution in [0.3, 0.4) is 0 Å². The number of carbonyl (C=O) groups excluding carboxylic acids is 1. The number of hydrogen-bond acceptors (Lipinski definition) is 4. The molecule has 3 aromatic rings. The Morgan fingerprint density at radius 3 is 2.28 bits per heavy atom. The molecule has 150 valence electrons. The predicted octanol–water partition coefficient (Wildman–Crippen LogP) is 4.44. The van der Waals surface area contributed by atoms with Gasteiger partial charge in [-0.25, -0.2) is 8.42 Å². The molecule has 0 bridgehead atoms. The van der Waals surface area contributed by atoms with Crippen LogP contribution in [0.2, 0.25) is 0 Å². The normalized spacial score (nSPS) is 11.0. The maximum atomic E-state index is 12.9. The van der Waals surface area contributed by atoms with Gasteiger partial charge in [-0.2, -0.15) is 0 Å². The van der Waals surface area contributed by atoms with Crippen molar-refractivity contribution in [3.8, 4) is 11.5 Å². The molecule has 0 atom stereocenters. The van der Waals surface area contributed by atoms with Gasteiger partial charge in [-0.15, -0.1) is 0 Å². The van der Waals surface area contributed by atoms with E-state index in [1.807, 2.05) is 36.4 Å². The lowest BCUT2D eigenvalue weighted by molar-refractivity contribution is 0.102. The SMILES string of the molecule is Cc1c(C(=O)Nc2ccccc2Oc2ccccc2)cccc1N(C)S(C)(=O)=O. The van der Waals surface area contributed by atoms with Gasteiger partial charge in [-0.05, 0) is 48.9 Å². The smallest absolute Gasteiger partial charge is 0.256 e. The van der Waals surface area contributed by atoms with E-state index in [0.29, 0.717) is 34.0 Å². The summed E-state index contributed by atoms with van der Waals surface area (Å²) < 4.78 is 30.8. The van der Waals surface area contributed by atoms with Crippen molar-refractivity contribution < 1.29 is 17.9 Å². The van der Waals surface area contributed by atoms with Crippen LogP contribution in [-0.2, 0) is 10.0 Å². The molecule has 0 heterocycles. The Bertz CT molecular complexity index is 1130. The van der Waals surface area contributed by atoms with Gasteiger partial charge in [0.1, 0.15) is 5.75 Å². The van der Waals surface area contributed by atoms with Gasteiger partial charge >= 0.3 is 0 Å². The standard InChI is InChI=1S/C22H22N2O4S/c1-16-18(12-9-14-20(16)24(2)29(3,26)27)22(25)23-19-13-7-8-15-21(19)28-17-10-5-4-6-11-17/h4-15H,1-3H3,(H,23,25). The molecule has 7 heteroatoms. The number of carbonyl (C=O) groups is 1. The third kappa shape index (κ3) is 4.75. The van der Waals surface area contributed by atoms with Crippen molar-refractivity contribution >= 4 is 27.3 Å². The minimum atomic E-state index is -3.44.